The highest BCUT2D eigenvalue weighted by molar-refractivity contribution is 7.89. The molecule has 1 amide bonds. The number of hydrazone groups is 1. The molecule has 0 saturated carbocycles. The van der Waals surface area contributed by atoms with Crippen molar-refractivity contribution in [1.82, 2.24) is 9.73 Å². The molecule has 38 heavy (non-hydrogen) atoms. The highest BCUT2D eigenvalue weighted by Gasteiger charge is 2.27. The maximum atomic E-state index is 13.6. The van der Waals surface area contributed by atoms with Crippen molar-refractivity contribution in [2.24, 2.45) is 5.10 Å². The Bertz CT molecular complexity index is 1360. The maximum absolute atomic E-state index is 13.6. The molecule has 0 aromatic heterocycles. The highest BCUT2D eigenvalue weighted by Crippen LogP contribution is 2.31. The number of nitrogens with zero attached hydrogens (tertiary/aromatic N) is 2. The minimum atomic E-state index is -4.08. The Balaban J connectivity index is 1.79. The number of benzene rings is 3. The molecule has 10 nitrogen and oxygen atoms in total. The van der Waals surface area contributed by atoms with E-state index in [0.29, 0.717) is 24.3 Å². The van der Waals surface area contributed by atoms with E-state index in [4.69, 9.17) is 14.2 Å². The molecule has 0 fully saturated rings. The first-order valence-electron chi connectivity index (χ1n) is 11.8. The van der Waals surface area contributed by atoms with E-state index in [-0.39, 0.29) is 28.7 Å². The van der Waals surface area contributed by atoms with Gasteiger partial charge < -0.3 is 19.3 Å². The van der Waals surface area contributed by atoms with E-state index in [1.54, 1.807) is 19.1 Å². The molecule has 0 aliphatic heterocycles. The van der Waals surface area contributed by atoms with E-state index in [2.05, 4.69) is 10.5 Å². The molecule has 3 aromatic rings. The zero-order valence-corrected chi connectivity index (χ0v) is 22.3. The SMILES string of the molecule is CCOc1cc(/C=N\NC(=O)CN(CCc2ccccc2)S(=O)(=O)c2ccc(OC)c(OC)c2)ccc1O. The number of phenols is 1. The van der Waals surface area contributed by atoms with Crippen molar-refractivity contribution < 1.29 is 32.5 Å². The van der Waals surface area contributed by atoms with Crippen LogP contribution in [-0.2, 0) is 21.2 Å². The van der Waals surface area contributed by atoms with Crippen molar-refractivity contribution in [3.8, 4) is 23.0 Å². The molecule has 3 aromatic carbocycles. The number of sulfonamides is 1. The van der Waals surface area contributed by atoms with Crippen molar-refractivity contribution >= 4 is 22.1 Å². The monoisotopic (exact) mass is 541 g/mol. The summed E-state index contributed by atoms with van der Waals surface area (Å²) in [6.07, 6.45) is 1.77. The van der Waals surface area contributed by atoms with Gasteiger partial charge in [0.1, 0.15) is 0 Å². The number of nitrogens with one attached hydrogen (secondary N) is 1. The molecule has 0 aliphatic carbocycles. The van der Waals surface area contributed by atoms with Gasteiger partial charge in [-0.2, -0.15) is 9.41 Å². The predicted octanol–water partition coefficient (Wildman–Crippen LogP) is 3.19. The van der Waals surface area contributed by atoms with Crippen LogP contribution in [0.3, 0.4) is 0 Å². The standard InChI is InChI=1S/C27H31N3O7S/c1-4-37-25-16-21(10-12-23(25)31)18-28-29-27(32)19-30(15-14-20-8-6-5-7-9-20)38(33,34)22-11-13-24(35-2)26(17-22)36-3/h5-13,16-18,31H,4,14-15,19H2,1-3H3,(H,29,32)/b28-18-. The number of rotatable bonds is 13. The van der Waals surface area contributed by atoms with Gasteiger partial charge >= 0.3 is 0 Å². The van der Waals surface area contributed by atoms with Crippen LogP contribution in [0.25, 0.3) is 0 Å². The Morgan fingerprint density at radius 1 is 1.00 bits per heavy atom. The lowest BCUT2D eigenvalue weighted by atomic mass is 10.1. The third-order valence-electron chi connectivity index (χ3n) is 5.49. The number of amides is 1. The second kappa shape index (κ2) is 13.5. The van der Waals surface area contributed by atoms with Gasteiger partial charge in [-0.15, -0.1) is 0 Å². The number of carbonyl (C=O) groups is 1. The summed E-state index contributed by atoms with van der Waals surface area (Å²) >= 11 is 0. The van der Waals surface area contributed by atoms with Crippen LogP contribution in [-0.4, -0.2) is 63.9 Å². The van der Waals surface area contributed by atoms with Crippen LogP contribution in [0.15, 0.2) is 76.7 Å². The van der Waals surface area contributed by atoms with E-state index in [1.165, 1.54) is 44.7 Å². The Hall–Kier alpha value is -4.09. The van der Waals surface area contributed by atoms with Crippen LogP contribution in [0.5, 0.6) is 23.0 Å². The smallest absolute Gasteiger partial charge is 0.255 e. The van der Waals surface area contributed by atoms with Crippen LogP contribution < -0.4 is 19.6 Å². The van der Waals surface area contributed by atoms with E-state index in [9.17, 15) is 18.3 Å². The van der Waals surface area contributed by atoms with E-state index in [1.807, 2.05) is 30.3 Å². The summed E-state index contributed by atoms with van der Waals surface area (Å²) in [4.78, 5) is 12.7. The second-order valence-corrected chi connectivity index (χ2v) is 9.98. The van der Waals surface area contributed by atoms with Crippen LogP contribution in [0.1, 0.15) is 18.1 Å². The molecule has 0 heterocycles. The average Bonchev–Trinajstić information content (AvgIpc) is 2.92. The fraction of sp³-hybridized carbons (Fsp3) is 0.259. The van der Waals surface area contributed by atoms with Crippen molar-refractivity contribution in [2.45, 2.75) is 18.2 Å². The third kappa shape index (κ3) is 7.46. The Kier molecular flexibility index (Phi) is 10.1. The first-order chi connectivity index (χ1) is 18.3. The van der Waals surface area contributed by atoms with E-state index >= 15 is 0 Å². The van der Waals surface area contributed by atoms with Crippen molar-refractivity contribution in [3.63, 3.8) is 0 Å². The summed E-state index contributed by atoms with van der Waals surface area (Å²) in [6.45, 7) is 1.77. The molecule has 0 aliphatic rings. The molecule has 0 bridgehead atoms. The molecule has 202 valence electrons. The minimum Gasteiger partial charge on any atom is -0.504 e. The molecule has 0 atom stereocenters. The van der Waals surface area contributed by atoms with Gasteiger partial charge in [-0.25, -0.2) is 13.8 Å². The number of ether oxygens (including phenoxy) is 3. The predicted molar refractivity (Wildman–Crippen MR) is 143 cm³/mol. The zero-order chi connectivity index (χ0) is 27.5. The zero-order valence-electron chi connectivity index (χ0n) is 21.5. The maximum Gasteiger partial charge on any atom is 0.255 e. The van der Waals surface area contributed by atoms with Crippen molar-refractivity contribution in [3.05, 3.63) is 77.9 Å². The molecule has 0 spiro atoms. The van der Waals surface area contributed by atoms with Gasteiger partial charge in [0.05, 0.1) is 38.5 Å². The van der Waals surface area contributed by atoms with Gasteiger partial charge in [-0.3, -0.25) is 4.79 Å². The average molecular weight is 542 g/mol. The normalized spacial score (nSPS) is 11.5. The number of hydrogen-bond donors (Lipinski definition) is 2. The molecule has 0 radical (unpaired) electrons. The lowest BCUT2D eigenvalue weighted by Crippen LogP contribution is -2.40. The number of aromatic hydroxyl groups is 1. The summed E-state index contributed by atoms with van der Waals surface area (Å²) < 4.78 is 44.0. The summed E-state index contributed by atoms with van der Waals surface area (Å²) in [5.41, 5.74) is 3.87. The van der Waals surface area contributed by atoms with Crippen LogP contribution in [0.4, 0.5) is 0 Å². The topological polar surface area (TPSA) is 127 Å². The molecule has 11 heteroatoms. The van der Waals surface area contributed by atoms with Crippen molar-refractivity contribution in [2.75, 3.05) is 33.9 Å². The van der Waals surface area contributed by atoms with Gasteiger partial charge in [-0.1, -0.05) is 30.3 Å². The summed E-state index contributed by atoms with van der Waals surface area (Å²) in [6, 6.07) is 18.3. The molecular weight excluding hydrogens is 510 g/mol. The Morgan fingerprint density at radius 2 is 1.74 bits per heavy atom. The summed E-state index contributed by atoms with van der Waals surface area (Å²) in [5, 5.41) is 13.8. The fourth-order valence-electron chi connectivity index (χ4n) is 3.57. The number of hydrogen-bond acceptors (Lipinski definition) is 8. The van der Waals surface area contributed by atoms with Gasteiger partial charge in [0.15, 0.2) is 23.0 Å². The lowest BCUT2D eigenvalue weighted by molar-refractivity contribution is -0.121. The molecule has 2 N–H and O–H groups in total. The van der Waals surface area contributed by atoms with Gasteiger partial charge in [-0.05, 0) is 54.8 Å². The number of methoxy groups -OCH3 is 2. The van der Waals surface area contributed by atoms with E-state index in [0.717, 1.165) is 9.87 Å². The summed E-state index contributed by atoms with van der Waals surface area (Å²) in [7, 11) is -1.20. The third-order valence-corrected chi connectivity index (χ3v) is 7.33. The quantitative estimate of drug-likeness (QED) is 0.251. The highest BCUT2D eigenvalue weighted by atomic mass is 32.2. The van der Waals surface area contributed by atoms with Gasteiger partial charge in [0, 0.05) is 12.6 Å². The Labute approximate surface area is 222 Å². The van der Waals surface area contributed by atoms with Crippen molar-refractivity contribution in [1.29, 1.82) is 0 Å². The van der Waals surface area contributed by atoms with Crippen LogP contribution >= 0.6 is 0 Å². The summed E-state index contributed by atoms with van der Waals surface area (Å²) in [5.74, 6) is 0.294. The minimum absolute atomic E-state index is 0.0116. The lowest BCUT2D eigenvalue weighted by Gasteiger charge is -2.22. The molecule has 0 saturated heterocycles. The van der Waals surface area contributed by atoms with Crippen LogP contribution in [0.2, 0.25) is 0 Å². The van der Waals surface area contributed by atoms with Gasteiger partial charge in [0.2, 0.25) is 10.0 Å². The van der Waals surface area contributed by atoms with Gasteiger partial charge in [0.25, 0.3) is 5.91 Å². The largest absolute Gasteiger partial charge is 0.504 e. The fourth-order valence-corrected chi connectivity index (χ4v) is 4.98. The number of phenolic OH excluding ortho intramolecular Hbond substituents is 1. The first-order valence-corrected chi connectivity index (χ1v) is 13.3. The number of carbonyl (C=O) groups excluding carboxylic acids is 1. The molecule has 3 rings (SSSR count). The van der Waals surface area contributed by atoms with Crippen LogP contribution in [0, 0.1) is 0 Å². The first kappa shape index (κ1) is 28.5. The molecule has 0 unspecified atom stereocenters. The Morgan fingerprint density at radius 3 is 2.42 bits per heavy atom. The second-order valence-electron chi connectivity index (χ2n) is 8.04. The molecular formula is C27H31N3O7S. The van der Waals surface area contributed by atoms with E-state index < -0.39 is 22.5 Å².